The van der Waals surface area contributed by atoms with Crippen LogP contribution in [0.15, 0.2) is 0 Å². The van der Waals surface area contributed by atoms with Gasteiger partial charge >= 0.3 is 0 Å². The monoisotopic (exact) mass is 184 g/mol. The van der Waals surface area contributed by atoms with Gasteiger partial charge in [-0.25, -0.2) is 0 Å². The molecule has 0 saturated carbocycles. The Bertz CT molecular complexity index is 154. The van der Waals surface area contributed by atoms with E-state index in [1.54, 1.807) is 6.92 Å². The first-order valence-corrected chi connectivity index (χ1v) is 4.65. The van der Waals surface area contributed by atoms with Gasteiger partial charge in [0.2, 0.25) is 0 Å². The van der Waals surface area contributed by atoms with Crippen LogP contribution in [0.2, 0.25) is 0 Å². The highest BCUT2D eigenvalue weighted by molar-refractivity contribution is 5.75. The number of Topliss-reactive ketones (excluding diaryl/α,β-unsaturated/α-hetero) is 1. The van der Waals surface area contributed by atoms with Gasteiger partial charge in [-0.3, -0.25) is 0 Å². The van der Waals surface area contributed by atoms with E-state index >= 15 is 0 Å². The SMILES string of the molecule is C#CCCC.CC(=O)CCC(C)O. The quantitative estimate of drug-likeness (QED) is 0.680. The third-order valence-corrected chi connectivity index (χ3v) is 1.31. The molecule has 0 rings (SSSR count). The molecule has 0 aromatic carbocycles. The average molecular weight is 184 g/mol. The number of hydrogen-bond acceptors (Lipinski definition) is 2. The Hall–Kier alpha value is -0.810. The second-order valence-electron chi connectivity index (χ2n) is 3.04. The molecule has 0 bridgehead atoms. The van der Waals surface area contributed by atoms with Crippen molar-refractivity contribution in [2.24, 2.45) is 0 Å². The maximum atomic E-state index is 10.2. The van der Waals surface area contributed by atoms with E-state index < -0.39 is 0 Å². The lowest BCUT2D eigenvalue weighted by Crippen LogP contribution is -2.01. The number of hydrogen-bond donors (Lipinski definition) is 1. The van der Waals surface area contributed by atoms with Crippen molar-refractivity contribution in [2.75, 3.05) is 0 Å². The second kappa shape index (κ2) is 11.2. The summed E-state index contributed by atoms with van der Waals surface area (Å²) in [6.07, 6.45) is 7.67. The van der Waals surface area contributed by atoms with Gasteiger partial charge in [0.1, 0.15) is 5.78 Å². The summed E-state index contributed by atoms with van der Waals surface area (Å²) < 4.78 is 0. The minimum Gasteiger partial charge on any atom is -0.393 e. The van der Waals surface area contributed by atoms with Gasteiger partial charge in [0, 0.05) is 12.8 Å². The normalized spacial score (nSPS) is 10.7. The number of terminal acetylenes is 1. The molecule has 0 fully saturated rings. The average Bonchev–Trinajstić information content (AvgIpc) is 2.03. The molecule has 0 aliphatic rings. The van der Waals surface area contributed by atoms with Crippen molar-refractivity contribution in [3.63, 3.8) is 0 Å². The van der Waals surface area contributed by atoms with Crippen LogP contribution in [0.3, 0.4) is 0 Å². The van der Waals surface area contributed by atoms with Crippen LogP contribution in [0.5, 0.6) is 0 Å². The van der Waals surface area contributed by atoms with Crippen LogP contribution in [0.4, 0.5) is 0 Å². The fourth-order valence-corrected chi connectivity index (χ4v) is 0.556. The molecule has 0 aromatic rings. The van der Waals surface area contributed by atoms with E-state index in [1.807, 2.05) is 0 Å². The summed E-state index contributed by atoms with van der Waals surface area (Å²) in [6, 6.07) is 0. The van der Waals surface area contributed by atoms with Crippen molar-refractivity contribution >= 4 is 5.78 Å². The molecule has 0 radical (unpaired) electrons. The summed E-state index contributed by atoms with van der Waals surface area (Å²) in [6.45, 7) is 5.28. The lowest BCUT2D eigenvalue weighted by molar-refractivity contribution is -0.117. The van der Waals surface area contributed by atoms with Gasteiger partial charge in [0.25, 0.3) is 0 Å². The van der Waals surface area contributed by atoms with E-state index in [4.69, 9.17) is 11.5 Å². The van der Waals surface area contributed by atoms with Crippen LogP contribution in [-0.4, -0.2) is 17.0 Å². The predicted octanol–water partition coefficient (Wildman–Crippen LogP) is 2.16. The van der Waals surface area contributed by atoms with E-state index in [1.165, 1.54) is 6.92 Å². The summed E-state index contributed by atoms with van der Waals surface area (Å²) in [5.41, 5.74) is 0. The number of carbonyl (C=O) groups is 1. The zero-order valence-corrected chi connectivity index (χ0v) is 8.84. The maximum absolute atomic E-state index is 10.2. The van der Waals surface area contributed by atoms with Gasteiger partial charge in [-0.2, -0.15) is 0 Å². The van der Waals surface area contributed by atoms with Crippen molar-refractivity contribution < 1.29 is 9.90 Å². The molecule has 13 heavy (non-hydrogen) atoms. The highest BCUT2D eigenvalue weighted by Crippen LogP contribution is 1.94. The lowest BCUT2D eigenvalue weighted by Gasteiger charge is -1.98. The first kappa shape index (κ1) is 14.7. The van der Waals surface area contributed by atoms with Crippen LogP contribution in [-0.2, 0) is 4.79 Å². The van der Waals surface area contributed by atoms with E-state index in [2.05, 4.69) is 12.8 Å². The molecule has 2 heteroatoms. The minimum atomic E-state index is -0.334. The van der Waals surface area contributed by atoms with Crippen LogP contribution in [0.1, 0.15) is 46.5 Å². The summed E-state index contributed by atoms with van der Waals surface area (Å²) in [4.78, 5) is 10.2. The topological polar surface area (TPSA) is 37.3 Å². The highest BCUT2D eigenvalue weighted by atomic mass is 16.3. The largest absolute Gasteiger partial charge is 0.393 e. The number of unbranched alkanes of at least 4 members (excludes halogenated alkanes) is 1. The van der Waals surface area contributed by atoms with Crippen LogP contribution < -0.4 is 0 Å². The molecular formula is C11H20O2. The van der Waals surface area contributed by atoms with Crippen LogP contribution >= 0.6 is 0 Å². The van der Waals surface area contributed by atoms with E-state index in [9.17, 15) is 4.79 Å². The summed E-state index contributed by atoms with van der Waals surface area (Å²) in [7, 11) is 0. The number of rotatable bonds is 4. The molecule has 0 aliphatic carbocycles. The fourth-order valence-electron chi connectivity index (χ4n) is 0.556. The Balaban J connectivity index is 0. The van der Waals surface area contributed by atoms with Crippen LogP contribution in [0.25, 0.3) is 0 Å². The summed E-state index contributed by atoms with van der Waals surface area (Å²) in [5, 5.41) is 8.65. The summed E-state index contributed by atoms with van der Waals surface area (Å²) in [5.74, 6) is 2.66. The standard InChI is InChI=1S/C6H12O2.C5H8/c1-5(7)3-4-6(2)8;1-3-5-4-2/h5,7H,3-4H2,1-2H3;1H,4-5H2,2H3. The van der Waals surface area contributed by atoms with E-state index in [-0.39, 0.29) is 11.9 Å². The molecule has 1 N–H and O–H groups in total. The molecule has 2 nitrogen and oxygen atoms in total. The predicted molar refractivity (Wildman–Crippen MR) is 55.3 cm³/mol. The highest BCUT2D eigenvalue weighted by Gasteiger charge is 1.96. The number of aliphatic hydroxyl groups excluding tert-OH is 1. The van der Waals surface area contributed by atoms with Gasteiger partial charge in [0.15, 0.2) is 0 Å². The number of ketones is 1. The molecule has 0 amide bonds. The minimum absolute atomic E-state index is 0.144. The Morgan fingerprint density at radius 2 is 2.15 bits per heavy atom. The molecule has 1 atom stereocenters. The van der Waals surface area contributed by atoms with Gasteiger partial charge in [0.05, 0.1) is 6.10 Å². The van der Waals surface area contributed by atoms with Crippen molar-refractivity contribution in [1.29, 1.82) is 0 Å². The Morgan fingerprint density at radius 1 is 1.62 bits per heavy atom. The Kier molecular flexibility index (Phi) is 12.7. The zero-order valence-electron chi connectivity index (χ0n) is 8.84. The molecule has 0 spiro atoms. The molecular weight excluding hydrogens is 164 g/mol. The van der Waals surface area contributed by atoms with Crippen molar-refractivity contribution in [2.45, 2.75) is 52.6 Å². The van der Waals surface area contributed by atoms with E-state index in [0.717, 1.165) is 12.8 Å². The van der Waals surface area contributed by atoms with Gasteiger partial charge in [-0.05, 0) is 26.7 Å². The number of aliphatic hydroxyl groups is 1. The fraction of sp³-hybridized carbons (Fsp3) is 0.727. The third-order valence-electron chi connectivity index (χ3n) is 1.31. The van der Waals surface area contributed by atoms with Crippen molar-refractivity contribution in [3.8, 4) is 12.3 Å². The Morgan fingerprint density at radius 3 is 2.23 bits per heavy atom. The Labute approximate surface area is 81.3 Å². The van der Waals surface area contributed by atoms with Gasteiger partial charge < -0.3 is 9.90 Å². The first-order chi connectivity index (χ1) is 6.04. The summed E-state index contributed by atoms with van der Waals surface area (Å²) >= 11 is 0. The first-order valence-electron chi connectivity index (χ1n) is 4.65. The van der Waals surface area contributed by atoms with Crippen molar-refractivity contribution in [3.05, 3.63) is 0 Å². The third kappa shape index (κ3) is 24.7. The number of carbonyl (C=O) groups excluding carboxylic acids is 1. The second-order valence-corrected chi connectivity index (χ2v) is 3.04. The van der Waals surface area contributed by atoms with E-state index in [0.29, 0.717) is 12.8 Å². The molecule has 0 aliphatic heterocycles. The molecule has 0 aromatic heterocycles. The molecule has 0 saturated heterocycles. The van der Waals surface area contributed by atoms with Gasteiger partial charge in [-0.1, -0.05) is 6.92 Å². The lowest BCUT2D eigenvalue weighted by atomic mass is 10.2. The van der Waals surface area contributed by atoms with Crippen molar-refractivity contribution in [1.82, 2.24) is 0 Å². The van der Waals surface area contributed by atoms with Crippen LogP contribution in [0, 0.1) is 12.3 Å². The molecule has 1 unspecified atom stereocenters. The molecule has 76 valence electrons. The maximum Gasteiger partial charge on any atom is 0.129 e. The molecule has 0 heterocycles. The smallest absolute Gasteiger partial charge is 0.129 e. The zero-order chi connectivity index (χ0) is 10.7. The van der Waals surface area contributed by atoms with Gasteiger partial charge in [-0.15, -0.1) is 12.3 Å².